The number of benzene rings is 2. The van der Waals surface area contributed by atoms with Gasteiger partial charge in [-0.1, -0.05) is 48.0 Å². The molecule has 2 aromatic rings. The number of urea groups is 1. The van der Waals surface area contributed by atoms with Crippen LogP contribution >= 0.6 is 11.6 Å². The van der Waals surface area contributed by atoms with Gasteiger partial charge in [0.15, 0.2) is 0 Å². The zero-order valence-corrected chi connectivity index (χ0v) is 16.3. The lowest BCUT2D eigenvalue weighted by Gasteiger charge is -2.16. The van der Waals surface area contributed by atoms with Gasteiger partial charge in [-0.25, -0.2) is 4.79 Å². The third kappa shape index (κ3) is 5.71. The van der Waals surface area contributed by atoms with E-state index in [2.05, 4.69) is 10.6 Å². The summed E-state index contributed by atoms with van der Waals surface area (Å²) in [6.07, 6.45) is 0.746. The highest BCUT2D eigenvalue weighted by Gasteiger charge is 2.19. The van der Waals surface area contributed by atoms with E-state index in [9.17, 15) is 14.7 Å². The van der Waals surface area contributed by atoms with Gasteiger partial charge in [0.25, 0.3) is 0 Å². The largest absolute Gasteiger partial charge is 0.387 e. The van der Waals surface area contributed by atoms with E-state index in [1.54, 1.807) is 24.3 Å². The van der Waals surface area contributed by atoms with E-state index < -0.39 is 6.10 Å². The summed E-state index contributed by atoms with van der Waals surface area (Å²) in [5.74, 6) is 0.196. The standard InChI is InChI=1S/C21H24ClN3O3/c22-18-8-6-17(7-9-18)19(26)13-24-21(28)23-12-15-3-1-4-16(11-15)14-25-10-2-5-20(25)27/h1,3-4,6-9,11,19,26H,2,5,10,12-14H2,(H2,23,24,28). The van der Waals surface area contributed by atoms with Crippen LogP contribution in [0.4, 0.5) is 4.79 Å². The fourth-order valence-corrected chi connectivity index (χ4v) is 3.29. The summed E-state index contributed by atoms with van der Waals surface area (Å²) in [6.45, 7) is 1.88. The zero-order chi connectivity index (χ0) is 19.9. The Morgan fingerprint density at radius 2 is 1.89 bits per heavy atom. The van der Waals surface area contributed by atoms with Crippen LogP contribution in [0.5, 0.6) is 0 Å². The third-order valence-electron chi connectivity index (χ3n) is 4.70. The second kappa shape index (κ2) is 9.57. The molecule has 0 radical (unpaired) electrons. The van der Waals surface area contributed by atoms with Gasteiger partial charge >= 0.3 is 6.03 Å². The minimum Gasteiger partial charge on any atom is -0.387 e. The number of nitrogens with one attached hydrogen (secondary N) is 2. The van der Waals surface area contributed by atoms with Crippen LogP contribution in [0.3, 0.4) is 0 Å². The number of carbonyl (C=O) groups is 2. The lowest BCUT2D eigenvalue weighted by molar-refractivity contribution is -0.128. The Morgan fingerprint density at radius 3 is 2.61 bits per heavy atom. The molecule has 1 fully saturated rings. The number of nitrogens with zero attached hydrogens (tertiary/aromatic N) is 1. The monoisotopic (exact) mass is 401 g/mol. The fourth-order valence-electron chi connectivity index (χ4n) is 3.17. The van der Waals surface area contributed by atoms with E-state index in [0.29, 0.717) is 30.1 Å². The Balaban J connectivity index is 1.44. The van der Waals surface area contributed by atoms with Crippen molar-refractivity contribution in [2.45, 2.75) is 32.0 Å². The minimum atomic E-state index is -0.802. The molecular weight excluding hydrogens is 378 g/mol. The molecule has 1 aliphatic heterocycles. The summed E-state index contributed by atoms with van der Waals surface area (Å²) in [6, 6.07) is 14.3. The van der Waals surface area contributed by atoms with Gasteiger partial charge in [0.05, 0.1) is 6.10 Å². The quantitative estimate of drug-likeness (QED) is 0.667. The Kier molecular flexibility index (Phi) is 6.90. The second-order valence-corrected chi connectivity index (χ2v) is 7.31. The van der Waals surface area contributed by atoms with E-state index in [1.165, 1.54) is 0 Å². The molecule has 1 aliphatic rings. The number of rotatable bonds is 7. The topological polar surface area (TPSA) is 81.7 Å². The molecule has 0 aliphatic carbocycles. The molecule has 0 saturated carbocycles. The van der Waals surface area contributed by atoms with Crippen molar-refractivity contribution in [1.82, 2.24) is 15.5 Å². The maximum Gasteiger partial charge on any atom is 0.315 e. The molecule has 0 spiro atoms. The Bertz CT molecular complexity index is 826. The molecule has 28 heavy (non-hydrogen) atoms. The predicted molar refractivity (Wildman–Crippen MR) is 108 cm³/mol. The van der Waals surface area contributed by atoms with Crippen molar-refractivity contribution >= 4 is 23.5 Å². The number of halogens is 1. The van der Waals surface area contributed by atoms with Crippen molar-refractivity contribution in [2.24, 2.45) is 0 Å². The lowest BCUT2D eigenvalue weighted by atomic mass is 10.1. The number of aliphatic hydroxyl groups excluding tert-OH is 1. The van der Waals surface area contributed by atoms with Gasteiger partial charge in [-0.3, -0.25) is 4.79 Å². The molecule has 1 saturated heterocycles. The van der Waals surface area contributed by atoms with E-state index in [-0.39, 0.29) is 18.5 Å². The Hall–Kier alpha value is -2.57. The maximum absolute atomic E-state index is 12.0. The van der Waals surface area contributed by atoms with Crippen LogP contribution in [-0.4, -0.2) is 35.0 Å². The molecule has 1 atom stereocenters. The molecule has 1 heterocycles. The number of amides is 3. The lowest BCUT2D eigenvalue weighted by Crippen LogP contribution is -2.37. The van der Waals surface area contributed by atoms with E-state index in [1.807, 2.05) is 29.2 Å². The van der Waals surface area contributed by atoms with Gasteiger partial charge in [-0.2, -0.15) is 0 Å². The molecule has 2 aromatic carbocycles. The summed E-state index contributed by atoms with van der Waals surface area (Å²) in [5, 5.41) is 16.2. The number of carbonyl (C=O) groups excluding carboxylic acids is 2. The van der Waals surface area contributed by atoms with Gasteiger partial charge in [0.1, 0.15) is 0 Å². The summed E-state index contributed by atoms with van der Waals surface area (Å²) in [5.41, 5.74) is 2.69. The molecular formula is C21H24ClN3O3. The van der Waals surface area contributed by atoms with Gasteiger partial charge in [-0.15, -0.1) is 0 Å². The molecule has 0 aromatic heterocycles. The first-order chi connectivity index (χ1) is 13.5. The summed E-state index contributed by atoms with van der Waals surface area (Å²) < 4.78 is 0. The molecule has 148 valence electrons. The SMILES string of the molecule is O=C(NCc1cccc(CN2CCCC2=O)c1)NCC(O)c1ccc(Cl)cc1. The van der Waals surface area contributed by atoms with Crippen molar-refractivity contribution in [1.29, 1.82) is 0 Å². The van der Waals surface area contributed by atoms with Crippen LogP contribution in [0.2, 0.25) is 5.02 Å². The van der Waals surface area contributed by atoms with Crippen LogP contribution in [0.15, 0.2) is 48.5 Å². The van der Waals surface area contributed by atoms with Crippen molar-refractivity contribution in [2.75, 3.05) is 13.1 Å². The smallest absolute Gasteiger partial charge is 0.315 e. The first-order valence-corrected chi connectivity index (χ1v) is 9.70. The van der Waals surface area contributed by atoms with Crippen molar-refractivity contribution < 1.29 is 14.7 Å². The van der Waals surface area contributed by atoms with E-state index in [4.69, 9.17) is 11.6 Å². The van der Waals surface area contributed by atoms with Gasteiger partial charge in [0, 0.05) is 37.6 Å². The van der Waals surface area contributed by atoms with Crippen LogP contribution in [-0.2, 0) is 17.9 Å². The highest BCUT2D eigenvalue weighted by molar-refractivity contribution is 6.30. The fraction of sp³-hybridized carbons (Fsp3) is 0.333. The highest BCUT2D eigenvalue weighted by Crippen LogP contribution is 2.16. The average Bonchev–Trinajstić information content (AvgIpc) is 3.10. The molecule has 6 nitrogen and oxygen atoms in total. The second-order valence-electron chi connectivity index (χ2n) is 6.87. The molecule has 3 rings (SSSR count). The van der Waals surface area contributed by atoms with Crippen molar-refractivity contribution in [3.05, 3.63) is 70.2 Å². The molecule has 0 bridgehead atoms. The number of hydrogen-bond acceptors (Lipinski definition) is 3. The van der Waals surface area contributed by atoms with Crippen LogP contribution < -0.4 is 10.6 Å². The number of likely N-dealkylation sites (tertiary alicyclic amines) is 1. The zero-order valence-electron chi connectivity index (χ0n) is 15.5. The first kappa shape index (κ1) is 20.2. The van der Waals surface area contributed by atoms with E-state index in [0.717, 1.165) is 24.1 Å². The molecule has 3 amide bonds. The highest BCUT2D eigenvalue weighted by atomic mass is 35.5. The van der Waals surface area contributed by atoms with Crippen LogP contribution in [0, 0.1) is 0 Å². The van der Waals surface area contributed by atoms with Crippen LogP contribution in [0.1, 0.15) is 35.6 Å². The normalized spacial score (nSPS) is 14.8. The third-order valence-corrected chi connectivity index (χ3v) is 4.95. The van der Waals surface area contributed by atoms with Crippen molar-refractivity contribution in [3.63, 3.8) is 0 Å². The molecule has 3 N–H and O–H groups in total. The van der Waals surface area contributed by atoms with Crippen LogP contribution in [0.25, 0.3) is 0 Å². The maximum atomic E-state index is 12.0. The Labute approximate surface area is 169 Å². The summed E-state index contributed by atoms with van der Waals surface area (Å²) in [7, 11) is 0. The van der Waals surface area contributed by atoms with E-state index >= 15 is 0 Å². The first-order valence-electron chi connectivity index (χ1n) is 9.32. The predicted octanol–water partition coefficient (Wildman–Crippen LogP) is 3.00. The van der Waals surface area contributed by atoms with Gasteiger partial charge in [-0.05, 0) is 35.2 Å². The van der Waals surface area contributed by atoms with Gasteiger partial charge < -0.3 is 20.6 Å². The molecule has 7 heteroatoms. The summed E-state index contributed by atoms with van der Waals surface area (Å²) >= 11 is 5.83. The average molecular weight is 402 g/mol. The number of hydrogen-bond donors (Lipinski definition) is 3. The summed E-state index contributed by atoms with van der Waals surface area (Å²) in [4.78, 5) is 25.6. The molecule has 1 unspecified atom stereocenters. The number of aliphatic hydroxyl groups is 1. The minimum absolute atomic E-state index is 0.102. The van der Waals surface area contributed by atoms with Gasteiger partial charge in [0.2, 0.25) is 5.91 Å². The Morgan fingerprint density at radius 1 is 1.14 bits per heavy atom. The van der Waals surface area contributed by atoms with Crippen molar-refractivity contribution in [3.8, 4) is 0 Å².